The summed E-state index contributed by atoms with van der Waals surface area (Å²) in [4.78, 5) is 9.30. The largest absolute Gasteiger partial charge is 0.252 e. The van der Waals surface area contributed by atoms with Crippen molar-refractivity contribution in [3.05, 3.63) is 83.0 Å². The van der Waals surface area contributed by atoms with Crippen LogP contribution in [0.3, 0.4) is 0 Å². The van der Waals surface area contributed by atoms with E-state index in [0.29, 0.717) is 0 Å². The molecule has 3 aromatic carbocycles. The molecule has 24 heavy (non-hydrogen) atoms. The first-order valence-corrected chi connectivity index (χ1v) is 8.58. The molecule has 3 heteroatoms. The topological polar surface area (TPSA) is 25.8 Å². The molecular weight excluding hydrogens is 360 g/mol. The number of benzene rings is 3. The van der Waals surface area contributed by atoms with Gasteiger partial charge in [0.25, 0.3) is 0 Å². The van der Waals surface area contributed by atoms with Crippen LogP contribution >= 0.6 is 15.9 Å². The Kier molecular flexibility index (Phi) is 3.87. The zero-order valence-electron chi connectivity index (χ0n) is 13.2. The predicted octanol–water partition coefficient (Wildman–Crippen LogP) is 6.03. The van der Waals surface area contributed by atoms with E-state index in [2.05, 4.69) is 76.4 Å². The maximum atomic E-state index is 4.77. The number of hydrogen-bond donors (Lipinski definition) is 0. The van der Waals surface area contributed by atoms with Crippen molar-refractivity contribution in [2.75, 3.05) is 0 Å². The van der Waals surface area contributed by atoms with E-state index in [1.165, 1.54) is 16.7 Å². The molecule has 0 aliphatic heterocycles. The molecule has 116 valence electrons. The van der Waals surface area contributed by atoms with Gasteiger partial charge < -0.3 is 0 Å². The lowest BCUT2D eigenvalue weighted by Gasteiger charge is -2.07. The summed E-state index contributed by atoms with van der Waals surface area (Å²) in [5.74, 6) is 0. The van der Waals surface area contributed by atoms with Gasteiger partial charge in [0.15, 0.2) is 0 Å². The van der Waals surface area contributed by atoms with Gasteiger partial charge in [-0.05, 0) is 42.3 Å². The summed E-state index contributed by atoms with van der Waals surface area (Å²) < 4.78 is 1.01. The standard InChI is InChI=1S/C21H15BrN2/c1-14-4-2-5-15(10-14)16-6-3-7-17(11-16)21-13-23-19-9-8-18(22)12-20(19)24-21/h2-13H,1H3. The fourth-order valence-corrected chi connectivity index (χ4v) is 3.16. The molecule has 0 aliphatic rings. The smallest absolute Gasteiger partial charge is 0.0905 e. The third kappa shape index (κ3) is 2.95. The first kappa shape index (κ1) is 15.0. The van der Waals surface area contributed by atoms with E-state index in [1.807, 2.05) is 24.4 Å². The number of halogens is 1. The van der Waals surface area contributed by atoms with Gasteiger partial charge in [-0.1, -0.05) is 64.0 Å². The first-order chi connectivity index (χ1) is 11.7. The summed E-state index contributed by atoms with van der Waals surface area (Å²) in [5.41, 5.74) is 7.41. The highest BCUT2D eigenvalue weighted by Crippen LogP contribution is 2.27. The molecule has 0 aliphatic carbocycles. The van der Waals surface area contributed by atoms with Crippen molar-refractivity contribution in [1.82, 2.24) is 9.97 Å². The molecule has 0 spiro atoms. The Hall–Kier alpha value is -2.52. The molecule has 0 saturated heterocycles. The number of aromatic nitrogens is 2. The second kappa shape index (κ2) is 6.17. The van der Waals surface area contributed by atoms with Gasteiger partial charge in [0.05, 0.1) is 22.9 Å². The van der Waals surface area contributed by atoms with Crippen molar-refractivity contribution in [2.45, 2.75) is 6.92 Å². The second-order valence-electron chi connectivity index (χ2n) is 5.84. The van der Waals surface area contributed by atoms with Crippen LogP contribution in [0, 0.1) is 6.92 Å². The number of rotatable bonds is 2. The Morgan fingerprint density at radius 3 is 2.33 bits per heavy atom. The van der Waals surface area contributed by atoms with Crippen LogP contribution in [-0.2, 0) is 0 Å². The quantitative estimate of drug-likeness (QED) is 0.427. The van der Waals surface area contributed by atoms with Gasteiger partial charge in [-0.15, -0.1) is 0 Å². The van der Waals surface area contributed by atoms with Gasteiger partial charge in [-0.25, -0.2) is 4.98 Å². The Labute approximate surface area is 149 Å². The van der Waals surface area contributed by atoms with Crippen LogP contribution in [0.5, 0.6) is 0 Å². The Morgan fingerprint density at radius 1 is 0.750 bits per heavy atom. The Bertz CT molecular complexity index is 1040. The van der Waals surface area contributed by atoms with Gasteiger partial charge >= 0.3 is 0 Å². The second-order valence-corrected chi connectivity index (χ2v) is 6.75. The van der Waals surface area contributed by atoms with E-state index in [9.17, 15) is 0 Å². The first-order valence-electron chi connectivity index (χ1n) is 7.79. The molecule has 0 bridgehead atoms. The third-order valence-corrected chi connectivity index (χ3v) is 4.51. The van der Waals surface area contributed by atoms with E-state index in [4.69, 9.17) is 4.98 Å². The maximum Gasteiger partial charge on any atom is 0.0905 e. The van der Waals surface area contributed by atoms with E-state index < -0.39 is 0 Å². The minimum atomic E-state index is 0.884. The van der Waals surface area contributed by atoms with Crippen LogP contribution in [0.2, 0.25) is 0 Å². The molecule has 4 aromatic rings. The highest BCUT2D eigenvalue weighted by Gasteiger charge is 2.05. The van der Waals surface area contributed by atoms with Gasteiger partial charge in [0.2, 0.25) is 0 Å². The monoisotopic (exact) mass is 374 g/mol. The van der Waals surface area contributed by atoms with Gasteiger partial charge in [0.1, 0.15) is 0 Å². The summed E-state index contributed by atoms with van der Waals surface area (Å²) in [6, 6.07) is 22.9. The lowest BCUT2D eigenvalue weighted by Crippen LogP contribution is -1.89. The molecule has 4 rings (SSSR count). The minimum Gasteiger partial charge on any atom is -0.252 e. The summed E-state index contributed by atoms with van der Waals surface area (Å²) in [7, 11) is 0. The molecule has 2 nitrogen and oxygen atoms in total. The van der Waals surface area contributed by atoms with Gasteiger partial charge in [-0.3, -0.25) is 4.98 Å². The zero-order chi connectivity index (χ0) is 16.5. The summed E-state index contributed by atoms with van der Waals surface area (Å²) in [5, 5.41) is 0. The van der Waals surface area contributed by atoms with Crippen LogP contribution in [-0.4, -0.2) is 9.97 Å². The SMILES string of the molecule is Cc1cccc(-c2cccc(-c3cnc4ccc(Br)cc4n3)c2)c1. The van der Waals surface area contributed by atoms with Crippen LogP contribution in [0.15, 0.2) is 77.4 Å². The van der Waals surface area contributed by atoms with Crippen LogP contribution < -0.4 is 0 Å². The number of fused-ring (bicyclic) bond motifs is 1. The molecule has 0 amide bonds. The fraction of sp³-hybridized carbons (Fsp3) is 0.0476. The van der Waals surface area contributed by atoms with Crippen molar-refractivity contribution < 1.29 is 0 Å². The molecule has 0 unspecified atom stereocenters. The summed E-state index contributed by atoms with van der Waals surface area (Å²) in [6.45, 7) is 2.11. The van der Waals surface area contributed by atoms with Gasteiger partial charge in [-0.2, -0.15) is 0 Å². The van der Waals surface area contributed by atoms with Crippen molar-refractivity contribution >= 4 is 27.0 Å². The molecule has 1 aromatic heterocycles. The number of hydrogen-bond acceptors (Lipinski definition) is 2. The third-order valence-electron chi connectivity index (χ3n) is 4.01. The summed E-state index contributed by atoms with van der Waals surface area (Å²) in [6.07, 6.45) is 1.84. The lowest BCUT2D eigenvalue weighted by atomic mass is 10.0. The lowest BCUT2D eigenvalue weighted by molar-refractivity contribution is 1.29. The van der Waals surface area contributed by atoms with Crippen molar-refractivity contribution in [3.63, 3.8) is 0 Å². The van der Waals surface area contributed by atoms with E-state index >= 15 is 0 Å². The number of aryl methyl sites for hydroxylation is 1. The highest BCUT2D eigenvalue weighted by atomic mass is 79.9. The fourth-order valence-electron chi connectivity index (χ4n) is 2.81. The normalized spacial score (nSPS) is 10.9. The van der Waals surface area contributed by atoms with Crippen molar-refractivity contribution in [1.29, 1.82) is 0 Å². The van der Waals surface area contributed by atoms with Crippen LogP contribution in [0.25, 0.3) is 33.4 Å². The van der Waals surface area contributed by atoms with Crippen molar-refractivity contribution in [3.8, 4) is 22.4 Å². The maximum absolute atomic E-state index is 4.77. The highest BCUT2D eigenvalue weighted by molar-refractivity contribution is 9.10. The molecular formula is C21H15BrN2. The Balaban J connectivity index is 1.81. The molecule has 1 heterocycles. The van der Waals surface area contributed by atoms with Crippen molar-refractivity contribution in [2.24, 2.45) is 0 Å². The van der Waals surface area contributed by atoms with Gasteiger partial charge in [0, 0.05) is 10.0 Å². The molecule has 0 atom stereocenters. The molecule has 0 radical (unpaired) electrons. The number of nitrogens with zero attached hydrogens (tertiary/aromatic N) is 2. The minimum absolute atomic E-state index is 0.884. The summed E-state index contributed by atoms with van der Waals surface area (Å²) >= 11 is 3.49. The molecule has 0 fully saturated rings. The molecule has 0 saturated carbocycles. The zero-order valence-corrected chi connectivity index (χ0v) is 14.8. The van der Waals surface area contributed by atoms with E-state index in [0.717, 1.165) is 26.8 Å². The van der Waals surface area contributed by atoms with Crippen LogP contribution in [0.1, 0.15) is 5.56 Å². The van der Waals surface area contributed by atoms with E-state index in [1.54, 1.807) is 0 Å². The average Bonchev–Trinajstić information content (AvgIpc) is 2.61. The Morgan fingerprint density at radius 2 is 1.50 bits per heavy atom. The van der Waals surface area contributed by atoms with E-state index in [-0.39, 0.29) is 0 Å². The molecule has 0 N–H and O–H groups in total. The predicted molar refractivity (Wildman–Crippen MR) is 103 cm³/mol. The van der Waals surface area contributed by atoms with Crippen LogP contribution in [0.4, 0.5) is 0 Å². The average molecular weight is 375 g/mol.